The van der Waals surface area contributed by atoms with Crippen LogP contribution in [0.15, 0.2) is 41.6 Å². The lowest BCUT2D eigenvalue weighted by molar-refractivity contribution is 0.462. The number of aryl methyl sites for hydroxylation is 1. The molecule has 1 aromatic carbocycles. The molecule has 2 heterocycles. The smallest absolute Gasteiger partial charge is 0.178 e. The monoisotopic (exact) mass is 306 g/mol. The summed E-state index contributed by atoms with van der Waals surface area (Å²) in [4.78, 5) is 0.477. The van der Waals surface area contributed by atoms with E-state index in [9.17, 15) is 8.42 Å². The Morgan fingerprint density at radius 1 is 1.33 bits per heavy atom. The van der Waals surface area contributed by atoms with Crippen LogP contribution in [0.5, 0.6) is 0 Å². The lowest BCUT2D eigenvalue weighted by Gasteiger charge is -2.26. The molecule has 112 valence electrons. The van der Waals surface area contributed by atoms with E-state index in [0.29, 0.717) is 11.3 Å². The lowest BCUT2D eigenvalue weighted by atomic mass is 10.0. The molecule has 0 amide bonds. The largest absolute Gasteiger partial charge is 0.310 e. The predicted octanol–water partition coefficient (Wildman–Crippen LogP) is 1.18. The zero-order valence-corrected chi connectivity index (χ0v) is 12.5. The van der Waals surface area contributed by atoms with Crippen LogP contribution in [0.3, 0.4) is 0 Å². The maximum atomic E-state index is 12.1. The molecule has 0 aliphatic carbocycles. The highest BCUT2D eigenvalue weighted by atomic mass is 32.2. The number of sulfone groups is 1. The van der Waals surface area contributed by atoms with Crippen molar-refractivity contribution in [1.29, 1.82) is 0 Å². The Kier molecular flexibility index (Phi) is 4.03. The highest BCUT2D eigenvalue weighted by Crippen LogP contribution is 2.31. The van der Waals surface area contributed by atoms with Crippen LogP contribution in [-0.2, 0) is 16.4 Å². The molecule has 7 heteroatoms. The standard InChI is InChI=1S/C14H18N4O2S/c19-21(20)11-6-13(12-4-1-2-5-14(12)21)15-7-3-9-18-10-8-16-17-18/h1-2,4-5,8,10,13,15H,3,6-7,9,11H2. The molecule has 1 unspecified atom stereocenters. The fourth-order valence-electron chi connectivity index (χ4n) is 2.67. The first kappa shape index (κ1) is 14.2. The first-order valence-electron chi connectivity index (χ1n) is 7.06. The molecular weight excluding hydrogens is 288 g/mol. The van der Waals surface area contributed by atoms with Crippen molar-refractivity contribution in [3.63, 3.8) is 0 Å². The van der Waals surface area contributed by atoms with Gasteiger partial charge in [-0.05, 0) is 31.0 Å². The van der Waals surface area contributed by atoms with Gasteiger partial charge in [-0.3, -0.25) is 4.68 Å². The number of fused-ring (bicyclic) bond motifs is 1. The summed E-state index contributed by atoms with van der Waals surface area (Å²) in [6, 6.07) is 7.39. The molecule has 1 aliphatic heterocycles. The van der Waals surface area contributed by atoms with Gasteiger partial charge in [0.15, 0.2) is 9.84 Å². The summed E-state index contributed by atoms with van der Waals surface area (Å²) in [5, 5.41) is 11.1. The first-order valence-corrected chi connectivity index (χ1v) is 8.71. The Labute approximate surface area is 124 Å². The number of rotatable bonds is 5. The van der Waals surface area contributed by atoms with E-state index in [1.54, 1.807) is 23.0 Å². The third-order valence-corrected chi connectivity index (χ3v) is 5.55. The second-order valence-electron chi connectivity index (χ2n) is 5.17. The molecule has 1 atom stereocenters. The molecule has 0 spiro atoms. The minimum Gasteiger partial charge on any atom is -0.310 e. The predicted molar refractivity (Wildman–Crippen MR) is 78.5 cm³/mol. The Bertz CT molecular complexity index is 698. The minimum absolute atomic E-state index is 0.112. The van der Waals surface area contributed by atoms with Crippen LogP contribution in [0.2, 0.25) is 0 Å². The van der Waals surface area contributed by atoms with Gasteiger partial charge < -0.3 is 5.32 Å². The highest BCUT2D eigenvalue weighted by molar-refractivity contribution is 7.91. The Morgan fingerprint density at radius 3 is 3.00 bits per heavy atom. The molecule has 2 aromatic rings. The van der Waals surface area contributed by atoms with E-state index in [-0.39, 0.29) is 11.8 Å². The third-order valence-electron chi connectivity index (χ3n) is 3.73. The summed E-state index contributed by atoms with van der Waals surface area (Å²) in [5.41, 5.74) is 0.893. The fourth-order valence-corrected chi connectivity index (χ4v) is 4.29. The molecule has 0 radical (unpaired) electrons. The van der Waals surface area contributed by atoms with E-state index >= 15 is 0 Å². The van der Waals surface area contributed by atoms with E-state index in [0.717, 1.165) is 25.1 Å². The zero-order valence-electron chi connectivity index (χ0n) is 11.6. The van der Waals surface area contributed by atoms with Gasteiger partial charge in [0.05, 0.1) is 16.8 Å². The molecule has 21 heavy (non-hydrogen) atoms. The molecule has 0 saturated heterocycles. The van der Waals surface area contributed by atoms with Crippen LogP contribution >= 0.6 is 0 Å². The number of hydrogen-bond acceptors (Lipinski definition) is 5. The van der Waals surface area contributed by atoms with Gasteiger partial charge in [0, 0.05) is 18.8 Å². The van der Waals surface area contributed by atoms with Crippen molar-refractivity contribution >= 4 is 9.84 Å². The van der Waals surface area contributed by atoms with Crippen LogP contribution in [0.25, 0.3) is 0 Å². The third kappa shape index (κ3) is 3.14. The van der Waals surface area contributed by atoms with E-state index < -0.39 is 9.84 Å². The van der Waals surface area contributed by atoms with Crippen LogP contribution in [-0.4, -0.2) is 35.7 Å². The summed E-state index contributed by atoms with van der Waals surface area (Å²) >= 11 is 0. The summed E-state index contributed by atoms with van der Waals surface area (Å²) in [5.74, 6) is 0.213. The van der Waals surface area contributed by atoms with E-state index in [1.807, 2.05) is 18.3 Å². The van der Waals surface area contributed by atoms with Crippen molar-refractivity contribution in [3.8, 4) is 0 Å². The van der Waals surface area contributed by atoms with Crippen LogP contribution in [0.1, 0.15) is 24.4 Å². The summed E-state index contributed by atoms with van der Waals surface area (Å²) in [7, 11) is -3.10. The number of nitrogens with one attached hydrogen (secondary N) is 1. The van der Waals surface area contributed by atoms with Crippen molar-refractivity contribution in [2.75, 3.05) is 12.3 Å². The van der Waals surface area contributed by atoms with Gasteiger partial charge in [-0.15, -0.1) is 5.10 Å². The van der Waals surface area contributed by atoms with Gasteiger partial charge in [-0.25, -0.2) is 8.42 Å². The Balaban J connectivity index is 1.62. The molecule has 1 aliphatic rings. The molecule has 0 saturated carbocycles. The van der Waals surface area contributed by atoms with Gasteiger partial charge in [-0.2, -0.15) is 0 Å². The van der Waals surface area contributed by atoms with Crippen molar-refractivity contribution in [2.24, 2.45) is 0 Å². The van der Waals surface area contributed by atoms with Crippen LogP contribution < -0.4 is 5.32 Å². The molecule has 0 fully saturated rings. The van der Waals surface area contributed by atoms with Crippen LogP contribution in [0.4, 0.5) is 0 Å². The van der Waals surface area contributed by atoms with Crippen molar-refractivity contribution < 1.29 is 8.42 Å². The first-order chi connectivity index (χ1) is 10.2. The zero-order chi connectivity index (χ0) is 14.7. The maximum Gasteiger partial charge on any atom is 0.178 e. The summed E-state index contributed by atoms with van der Waals surface area (Å²) in [6.45, 7) is 1.62. The fraction of sp³-hybridized carbons (Fsp3) is 0.429. The molecule has 0 bridgehead atoms. The number of nitrogens with zero attached hydrogens (tertiary/aromatic N) is 3. The minimum atomic E-state index is -3.10. The molecular formula is C14H18N4O2S. The Hall–Kier alpha value is -1.73. The molecule has 3 rings (SSSR count). The highest BCUT2D eigenvalue weighted by Gasteiger charge is 2.29. The topological polar surface area (TPSA) is 76.9 Å². The number of aromatic nitrogens is 3. The molecule has 6 nitrogen and oxygen atoms in total. The van der Waals surface area contributed by atoms with Gasteiger partial charge >= 0.3 is 0 Å². The van der Waals surface area contributed by atoms with Crippen molar-refractivity contribution in [3.05, 3.63) is 42.2 Å². The summed E-state index contributed by atoms with van der Waals surface area (Å²) in [6.07, 6.45) is 5.05. The van der Waals surface area contributed by atoms with Gasteiger partial charge in [-0.1, -0.05) is 23.4 Å². The average molecular weight is 306 g/mol. The van der Waals surface area contributed by atoms with E-state index in [4.69, 9.17) is 0 Å². The van der Waals surface area contributed by atoms with E-state index in [1.165, 1.54) is 0 Å². The number of benzene rings is 1. The maximum absolute atomic E-state index is 12.1. The SMILES string of the molecule is O=S1(=O)CCC(NCCCn2ccnn2)c2ccccc21. The number of hydrogen-bond donors (Lipinski definition) is 1. The normalized spacial score (nSPS) is 20.1. The average Bonchev–Trinajstić information content (AvgIpc) is 2.99. The Morgan fingerprint density at radius 2 is 2.19 bits per heavy atom. The second-order valence-corrected chi connectivity index (χ2v) is 7.25. The summed E-state index contributed by atoms with van der Waals surface area (Å²) < 4.78 is 25.9. The quantitative estimate of drug-likeness (QED) is 0.839. The van der Waals surface area contributed by atoms with Gasteiger partial charge in [0.2, 0.25) is 0 Å². The molecule has 1 N–H and O–H groups in total. The van der Waals surface area contributed by atoms with Gasteiger partial charge in [0.25, 0.3) is 0 Å². The van der Waals surface area contributed by atoms with Crippen molar-refractivity contribution in [1.82, 2.24) is 20.3 Å². The lowest BCUT2D eigenvalue weighted by Crippen LogP contribution is -2.30. The van der Waals surface area contributed by atoms with Crippen LogP contribution in [0, 0.1) is 0 Å². The second kappa shape index (κ2) is 5.95. The van der Waals surface area contributed by atoms with Gasteiger partial charge in [0.1, 0.15) is 0 Å². The molecule has 1 aromatic heterocycles. The van der Waals surface area contributed by atoms with Crippen molar-refractivity contribution in [2.45, 2.75) is 30.3 Å². The van der Waals surface area contributed by atoms with E-state index in [2.05, 4.69) is 15.6 Å².